The van der Waals surface area contributed by atoms with Gasteiger partial charge in [0.1, 0.15) is 11.8 Å². The minimum Gasteiger partial charge on any atom is -0.497 e. The van der Waals surface area contributed by atoms with E-state index >= 15 is 0 Å². The average molecular weight is 341 g/mol. The molecule has 0 aliphatic rings. The molecule has 0 aliphatic heterocycles. The first kappa shape index (κ1) is 18.4. The molecule has 1 aromatic heterocycles. The van der Waals surface area contributed by atoms with Crippen LogP contribution in [0.3, 0.4) is 0 Å². The standard InChI is InChI=1S/C19H23N3O3/c1-14(19(24)21-12-17-5-4-10-20-11-17)22(15(2)23)13-16-6-8-18(25-3)9-7-16/h4-11,14H,12-13H2,1-3H3,(H,21,24)/t14-/m0/s1. The predicted octanol–water partition coefficient (Wildman–Crippen LogP) is 2.14. The Morgan fingerprint density at radius 3 is 2.48 bits per heavy atom. The maximum Gasteiger partial charge on any atom is 0.242 e. The molecule has 6 nitrogen and oxygen atoms in total. The van der Waals surface area contributed by atoms with Crippen molar-refractivity contribution in [3.05, 3.63) is 59.9 Å². The summed E-state index contributed by atoms with van der Waals surface area (Å²) in [6.45, 7) is 3.93. The van der Waals surface area contributed by atoms with E-state index < -0.39 is 6.04 Å². The maximum absolute atomic E-state index is 12.4. The van der Waals surface area contributed by atoms with Gasteiger partial charge in [0, 0.05) is 32.4 Å². The molecule has 0 fully saturated rings. The minimum atomic E-state index is -0.573. The highest BCUT2D eigenvalue weighted by molar-refractivity contribution is 5.86. The van der Waals surface area contributed by atoms with Crippen molar-refractivity contribution in [2.45, 2.75) is 33.0 Å². The van der Waals surface area contributed by atoms with Crippen LogP contribution in [-0.2, 0) is 22.7 Å². The summed E-state index contributed by atoms with van der Waals surface area (Å²) >= 11 is 0. The number of nitrogens with one attached hydrogen (secondary N) is 1. The Morgan fingerprint density at radius 2 is 1.92 bits per heavy atom. The maximum atomic E-state index is 12.4. The summed E-state index contributed by atoms with van der Waals surface area (Å²) in [4.78, 5) is 30.0. The van der Waals surface area contributed by atoms with Crippen molar-refractivity contribution in [3.8, 4) is 5.75 Å². The first-order valence-electron chi connectivity index (χ1n) is 8.08. The van der Waals surface area contributed by atoms with E-state index in [2.05, 4.69) is 10.3 Å². The molecule has 132 valence electrons. The number of amides is 2. The Hall–Kier alpha value is -2.89. The van der Waals surface area contributed by atoms with Crippen LogP contribution in [0.25, 0.3) is 0 Å². The molecule has 0 spiro atoms. The van der Waals surface area contributed by atoms with Crippen LogP contribution in [0.15, 0.2) is 48.8 Å². The first-order chi connectivity index (χ1) is 12.0. The summed E-state index contributed by atoms with van der Waals surface area (Å²) in [5.41, 5.74) is 1.84. The SMILES string of the molecule is COc1ccc(CN(C(C)=O)[C@@H](C)C(=O)NCc2cccnc2)cc1. The van der Waals surface area contributed by atoms with Gasteiger partial charge in [-0.1, -0.05) is 18.2 Å². The van der Waals surface area contributed by atoms with Gasteiger partial charge in [-0.25, -0.2) is 0 Å². The van der Waals surface area contributed by atoms with E-state index in [0.29, 0.717) is 13.1 Å². The highest BCUT2D eigenvalue weighted by atomic mass is 16.5. The topological polar surface area (TPSA) is 71.5 Å². The van der Waals surface area contributed by atoms with E-state index in [-0.39, 0.29) is 11.8 Å². The summed E-state index contributed by atoms with van der Waals surface area (Å²) in [7, 11) is 1.60. The zero-order valence-corrected chi connectivity index (χ0v) is 14.7. The van der Waals surface area contributed by atoms with Crippen molar-refractivity contribution in [1.82, 2.24) is 15.2 Å². The van der Waals surface area contributed by atoms with Gasteiger partial charge in [-0.3, -0.25) is 14.6 Å². The summed E-state index contributed by atoms with van der Waals surface area (Å²) in [5.74, 6) is 0.396. The predicted molar refractivity (Wildman–Crippen MR) is 94.8 cm³/mol. The third-order valence-corrected chi connectivity index (χ3v) is 3.95. The fourth-order valence-corrected chi connectivity index (χ4v) is 2.43. The van der Waals surface area contributed by atoms with E-state index in [1.165, 1.54) is 6.92 Å². The number of pyridine rings is 1. The van der Waals surface area contributed by atoms with Gasteiger partial charge < -0.3 is 15.0 Å². The van der Waals surface area contributed by atoms with Crippen molar-refractivity contribution >= 4 is 11.8 Å². The van der Waals surface area contributed by atoms with Crippen LogP contribution < -0.4 is 10.1 Å². The number of carbonyl (C=O) groups excluding carboxylic acids is 2. The number of aromatic nitrogens is 1. The fourth-order valence-electron chi connectivity index (χ4n) is 2.43. The molecule has 25 heavy (non-hydrogen) atoms. The number of carbonyl (C=O) groups is 2. The number of hydrogen-bond acceptors (Lipinski definition) is 4. The molecular weight excluding hydrogens is 318 g/mol. The Morgan fingerprint density at radius 1 is 1.20 bits per heavy atom. The van der Waals surface area contributed by atoms with Crippen LogP contribution in [0.5, 0.6) is 5.75 Å². The van der Waals surface area contributed by atoms with E-state index in [9.17, 15) is 9.59 Å². The van der Waals surface area contributed by atoms with Gasteiger partial charge in [0.05, 0.1) is 7.11 Å². The van der Waals surface area contributed by atoms with Crippen molar-refractivity contribution in [1.29, 1.82) is 0 Å². The number of rotatable bonds is 7. The molecule has 0 radical (unpaired) electrons. The van der Waals surface area contributed by atoms with E-state index in [0.717, 1.165) is 16.9 Å². The number of ether oxygens (including phenoxy) is 1. The Kier molecular flexibility index (Phi) is 6.51. The van der Waals surface area contributed by atoms with Crippen LogP contribution in [0, 0.1) is 0 Å². The third kappa shape index (κ3) is 5.31. The second-order valence-electron chi connectivity index (χ2n) is 5.75. The van der Waals surface area contributed by atoms with Crippen LogP contribution in [0.1, 0.15) is 25.0 Å². The largest absolute Gasteiger partial charge is 0.497 e. The summed E-state index contributed by atoms with van der Waals surface area (Å²) in [6, 6.07) is 10.6. The van der Waals surface area contributed by atoms with Gasteiger partial charge in [0.25, 0.3) is 0 Å². The normalized spacial score (nSPS) is 11.5. The zero-order chi connectivity index (χ0) is 18.2. The lowest BCUT2D eigenvalue weighted by molar-refractivity contribution is -0.139. The number of methoxy groups -OCH3 is 1. The highest BCUT2D eigenvalue weighted by Crippen LogP contribution is 2.14. The summed E-state index contributed by atoms with van der Waals surface area (Å²) in [5, 5.41) is 2.85. The van der Waals surface area contributed by atoms with Crippen LogP contribution in [-0.4, -0.2) is 34.8 Å². The van der Waals surface area contributed by atoms with Gasteiger partial charge >= 0.3 is 0 Å². The van der Waals surface area contributed by atoms with Crippen LogP contribution >= 0.6 is 0 Å². The van der Waals surface area contributed by atoms with Crippen molar-refractivity contribution in [2.75, 3.05) is 7.11 Å². The number of nitrogens with zero attached hydrogens (tertiary/aromatic N) is 2. The van der Waals surface area contributed by atoms with E-state index in [4.69, 9.17) is 4.74 Å². The molecule has 0 aliphatic carbocycles. The van der Waals surface area contributed by atoms with Crippen LogP contribution in [0.4, 0.5) is 0 Å². The van der Waals surface area contributed by atoms with Gasteiger partial charge in [-0.15, -0.1) is 0 Å². The van der Waals surface area contributed by atoms with Gasteiger partial charge in [0.2, 0.25) is 11.8 Å². The van der Waals surface area contributed by atoms with E-state index in [1.54, 1.807) is 31.3 Å². The molecule has 1 heterocycles. The fraction of sp³-hybridized carbons (Fsp3) is 0.316. The number of hydrogen-bond donors (Lipinski definition) is 1. The molecule has 6 heteroatoms. The van der Waals surface area contributed by atoms with Crippen LogP contribution in [0.2, 0.25) is 0 Å². The van der Waals surface area contributed by atoms with Gasteiger partial charge in [0.15, 0.2) is 0 Å². The quantitative estimate of drug-likeness (QED) is 0.837. The molecular formula is C19H23N3O3. The Bertz CT molecular complexity index is 702. The molecule has 1 aromatic carbocycles. The number of benzene rings is 1. The third-order valence-electron chi connectivity index (χ3n) is 3.95. The van der Waals surface area contributed by atoms with Crippen molar-refractivity contribution < 1.29 is 14.3 Å². The molecule has 2 rings (SSSR count). The zero-order valence-electron chi connectivity index (χ0n) is 14.7. The molecule has 0 unspecified atom stereocenters. The summed E-state index contributed by atoms with van der Waals surface area (Å²) < 4.78 is 5.13. The van der Waals surface area contributed by atoms with Gasteiger partial charge in [-0.05, 0) is 36.2 Å². The Balaban J connectivity index is 1.99. The average Bonchev–Trinajstić information content (AvgIpc) is 2.64. The van der Waals surface area contributed by atoms with Gasteiger partial charge in [-0.2, -0.15) is 0 Å². The first-order valence-corrected chi connectivity index (χ1v) is 8.08. The second kappa shape index (κ2) is 8.82. The molecule has 2 aromatic rings. The lowest BCUT2D eigenvalue weighted by Crippen LogP contribution is -2.46. The lowest BCUT2D eigenvalue weighted by atomic mass is 10.1. The van der Waals surface area contributed by atoms with Crippen molar-refractivity contribution in [2.24, 2.45) is 0 Å². The highest BCUT2D eigenvalue weighted by Gasteiger charge is 2.23. The molecule has 0 bridgehead atoms. The Labute approximate surface area is 147 Å². The second-order valence-corrected chi connectivity index (χ2v) is 5.75. The molecule has 1 atom stereocenters. The lowest BCUT2D eigenvalue weighted by Gasteiger charge is -2.27. The minimum absolute atomic E-state index is 0.153. The van der Waals surface area contributed by atoms with E-state index in [1.807, 2.05) is 36.4 Å². The molecule has 2 amide bonds. The molecule has 1 N–H and O–H groups in total. The van der Waals surface area contributed by atoms with Crippen molar-refractivity contribution in [3.63, 3.8) is 0 Å². The smallest absolute Gasteiger partial charge is 0.242 e. The summed E-state index contributed by atoms with van der Waals surface area (Å²) in [6.07, 6.45) is 3.38. The monoisotopic (exact) mass is 341 g/mol. The molecule has 0 saturated carbocycles. The molecule has 0 saturated heterocycles.